The normalized spacial score (nSPS) is 17.5. The number of hydrazine groups is 1. The molecule has 2 fully saturated rings. The third-order valence-corrected chi connectivity index (χ3v) is 12.8. The zero-order valence-corrected chi connectivity index (χ0v) is 38.4. The van der Waals surface area contributed by atoms with E-state index < -0.39 is 29.8 Å². The number of guanidine groups is 2. The second kappa shape index (κ2) is 24.6. The van der Waals surface area contributed by atoms with E-state index >= 15 is 0 Å². The van der Waals surface area contributed by atoms with Crippen molar-refractivity contribution in [3.63, 3.8) is 0 Å². The van der Waals surface area contributed by atoms with Gasteiger partial charge in [-0.25, -0.2) is 4.79 Å². The van der Waals surface area contributed by atoms with Crippen LogP contribution in [0, 0.1) is 0 Å². The lowest BCUT2D eigenvalue weighted by Crippen LogP contribution is -2.56. The molecule has 2 aromatic carbocycles. The standard InChI is InChI=1S/C40H54Cl3N13O8S/c41-20-15-25(35-29(16-20)63-27-17-21(42)22(43)18-28(27)64-35)51-32(58)11-3-4-12-33(59)55-56-37(61)24(8-6-14-49-39(46)47)52-36(60)23(7-5-13-48-38(44)45)50-31(57)10-2-1-9-30-34-26(19-65-30)53-40(62)54-34/h15-18,23-24,26,30,34H,1-14,19H2,(H,50,57)(H,51,58)(H,52,60)(H,55,59)(H,56,61)(H4,44,45,48)(H4,46,47,49)(H2,53,54,62). The van der Waals surface area contributed by atoms with Gasteiger partial charge in [0, 0.05) is 66.6 Å². The van der Waals surface area contributed by atoms with Crippen LogP contribution in [-0.2, 0) is 24.0 Å². The van der Waals surface area contributed by atoms with Crippen molar-refractivity contribution in [2.24, 2.45) is 32.9 Å². The lowest BCUT2D eigenvalue weighted by Gasteiger charge is -2.23. The Morgan fingerprint density at radius 1 is 0.708 bits per heavy atom. The van der Waals surface area contributed by atoms with Crippen LogP contribution < -0.4 is 69.8 Å². The van der Waals surface area contributed by atoms with Crippen molar-refractivity contribution in [2.75, 3.05) is 24.2 Å². The smallest absolute Gasteiger partial charge is 0.315 e. The maximum atomic E-state index is 13.7. The molecular formula is C40H54Cl3N13O8S. The molecule has 15 N–H and O–H groups in total. The lowest BCUT2D eigenvalue weighted by molar-refractivity contribution is -0.134. The van der Waals surface area contributed by atoms with E-state index in [1.807, 2.05) is 0 Å². The number of halogens is 3. The molecule has 354 valence electrons. The summed E-state index contributed by atoms with van der Waals surface area (Å²) in [5.41, 5.74) is 26.8. The molecule has 65 heavy (non-hydrogen) atoms. The highest BCUT2D eigenvalue weighted by Crippen LogP contribution is 2.51. The number of unbranched alkanes of at least 4 members (excludes halogenated alkanes) is 2. The molecule has 25 heteroatoms. The summed E-state index contributed by atoms with van der Waals surface area (Å²) in [6.07, 6.45) is 3.70. The molecule has 2 saturated heterocycles. The molecule has 5 unspecified atom stereocenters. The van der Waals surface area contributed by atoms with Crippen LogP contribution in [0.3, 0.4) is 0 Å². The number of benzene rings is 2. The van der Waals surface area contributed by atoms with Gasteiger partial charge in [0.15, 0.2) is 34.9 Å². The van der Waals surface area contributed by atoms with Crippen molar-refractivity contribution in [1.29, 1.82) is 0 Å². The molecule has 2 aromatic rings. The Hall–Kier alpha value is -5.58. The predicted octanol–water partition coefficient (Wildman–Crippen LogP) is 2.99. The van der Waals surface area contributed by atoms with E-state index in [4.69, 9.17) is 67.2 Å². The number of nitrogens with zero attached hydrogens (tertiary/aromatic N) is 2. The first kappa shape index (κ1) is 50.4. The van der Waals surface area contributed by atoms with Crippen LogP contribution in [0.5, 0.6) is 23.0 Å². The van der Waals surface area contributed by atoms with E-state index in [2.05, 4.69) is 47.4 Å². The zero-order chi connectivity index (χ0) is 47.0. The third-order valence-electron chi connectivity index (χ3n) is 10.4. The minimum absolute atomic E-state index is 0.0343. The molecule has 7 amide bonds. The van der Waals surface area contributed by atoms with Crippen LogP contribution >= 0.6 is 46.6 Å². The number of amides is 7. The molecule has 3 aliphatic heterocycles. The number of ether oxygens (including phenoxy) is 2. The second-order valence-corrected chi connectivity index (χ2v) is 18.0. The third kappa shape index (κ3) is 15.8. The molecule has 0 bridgehead atoms. The quantitative estimate of drug-likeness (QED) is 0.0214. The largest absolute Gasteiger partial charge is 0.449 e. The summed E-state index contributed by atoms with van der Waals surface area (Å²) >= 11 is 20.3. The Balaban J connectivity index is 1.08. The number of fused-ring (bicyclic) bond motifs is 3. The number of aliphatic imine (C=N–C) groups is 2. The lowest BCUT2D eigenvalue weighted by atomic mass is 10.0. The molecule has 5 rings (SSSR count). The molecule has 0 aromatic heterocycles. The van der Waals surface area contributed by atoms with Gasteiger partial charge in [-0.1, -0.05) is 41.2 Å². The van der Waals surface area contributed by atoms with Crippen LogP contribution in [0.4, 0.5) is 10.5 Å². The molecule has 0 spiro atoms. The zero-order valence-electron chi connectivity index (χ0n) is 35.3. The maximum Gasteiger partial charge on any atom is 0.315 e. The summed E-state index contributed by atoms with van der Waals surface area (Å²) in [6, 6.07) is 3.84. The van der Waals surface area contributed by atoms with Crippen LogP contribution in [-0.4, -0.2) is 95.7 Å². The van der Waals surface area contributed by atoms with E-state index in [0.717, 1.165) is 18.6 Å². The number of anilines is 1. The average molecular weight is 983 g/mol. The van der Waals surface area contributed by atoms with Gasteiger partial charge in [0.05, 0.1) is 27.8 Å². The number of hydrogen-bond donors (Lipinski definition) is 11. The van der Waals surface area contributed by atoms with Gasteiger partial charge in [0.25, 0.3) is 5.91 Å². The van der Waals surface area contributed by atoms with Gasteiger partial charge in [-0.15, -0.1) is 0 Å². The van der Waals surface area contributed by atoms with Crippen LogP contribution in [0.25, 0.3) is 0 Å². The molecule has 3 heterocycles. The van der Waals surface area contributed by atoms with Gasteiger partial charge < -0.3 is 59.0 Å². The summed E-state index contributed by atoms with van der Waals surface area (Å²) < 4.78 is 11.9. The highest BCUT2D eigenvalue weighted by Gasteiger charge is 2.42. The predicted molar refractivity (Wildman–Crippen MR) is 249 cm³/mol. The topological polar surface area (TPSA) is 334 Å². The van der Waals surface area contributed by atoms with Crippen LogP contribution in [0.15, 0.2) is 34.3 Å². The SMILES string of the molecule is NC(N)=NCCCC(NC(=O)CCCCC1SCC2NC(=O)NC21)C(=O)NC(CCCN=C(N)N)C(=O)NNC(=O)CCCCC(=O)Nc1cc(Cl)cc2c1Oc1cc(Cl)c(Cl)cc1O2. The molecule has 21 nitrogen and oxygen atoms in total. The molecule has 3 aliphatic rings. The average Bonchev–Trinajstić information content (AvgIpc) is 3.80. The molecule has 0 radical (unpaired) electrons. The first-order valence-electron chi connectivity index (χ1n) is 21.0. The van der Waals surface area contributed by atoms with Crippen molar-refractivity contribution < 1.29 is 38.2 Å². The first-order chi connectivity index (χ1) is 31.1. The number of thioether (sulfide) groups is 1. The van der Waals surface area contributed by atoms with E-state index in [1.165, 1.54) is 24.3 Å². The number of nitrogens with two attached hydrogens (primary N) is 4. The number of carbonyl (C=O) groups is 6. The number of rotatable bonds is 23. The second-order valence-electron chi connectivity index (χ2n) is 15.4. The highest BCUT2D eigenvalue weighted by molar-refractivity contribution is 8.00. The number of urea groups is 1. The monoisotopic (exact) mass is 981 g/mol. The maximum absolute atomic E-state index is 13.7. The first-order valence-corrected chi connectivity index (χ1v) is 23.2. The van der Waals surface area contributed by atoms with Crippen molar-refractivity contribution in [1.82, 2.24) is 32.1 Å². The summed E-state index contributed by atoms with van der Waals surface area (Å²) in [5, 5.41) is 15.2. The van der Waals surface area contributed by atoms with E-state index in [1.54, 1.807) is 11.8 Å². The summed E-state index contributed by atoms with van der Waals surface area (Å²) in [4.78, 5) is 85.5. The fourth-order valence-electron chi connectivity index (χ4n) is 7.16. The fraction of sp³-hybridized carbons (Fsp3) is 0.500. The molecule has 0 aliphatic carbocycles. The van der Waals surface area contributed by atoms with Gasteiger partial charge in [-0.2, -0.15) is 11.8 Å². The summed E-state index contributed by atoms with van der Waals surface area (Å²) in [5.74, 6) is -0.987. The number of carbonyl (C=O) groups excluding carboxylic acids is 6. The van der Waals surface area contributed by atoms with Crippen molar-refractivity contribution in [2.45, 2.75) is 106 Å². The van der Waals surface area contributed by atoms with E-state index in [-0.39, 0.29) is 137 Å². The fourth-order valence-corrected chi connectivity index (χ4v) is 9.22. The molecule has 0 saturated carbocycles. The van der Waals surface area contributed by atoms with Gasteiger partial charge in [-0.05, 0) is 57.4 Å². The van der Waals surface area contributed by atoms with E-state index in [0.29, 0.717) is 30.8 Å². The van der Waals surface area contributed by atoms with Crippen LogP contribution in [0.1, 0.15) is 77.0 Å². The molecular weight excluding hydrogens is 929 g/mol. The molecule has 5 atom stereocenters. The Kier molecular flexibility index (Phi) is 19.1. The van der Waals surface area contributed by atoms with Crippen LogP contribution in [0.2, 0.25) is 15.1 Å². The highest BCUT2D eigenvalue weighted by atomic mass is 35.5. The van der Waals surface area contributed by atoms with Gasteiger partial charge in [-0.3, -0.25) is 44.8 Å². The minimum Gasteiger partial charge on any atom is -0.449 e. The Labute approximate surface area is 394 Å². The Morgan fingerprint density at radius 3 is 1.97 bits per heavy atom. The number of nitrogens with one attached hydrogen (secondary N) is 7. The van der Waals surface area contributed by atoms with Gasteiger partial charge in [0.1, 0.15) is 12.1 Å². The Morgan fingerprint density at radius 2 is 1.31 bits per heavy atom. The number of hydrogen-bond acceptors (Lipinski definition) is 11. The summed E-state index contributed by atoms with van der Waals surface area (Å²) in [7, 11) is 0. The van der Waals surface area contributed by atoms with Crippen molar-refractivity contribution in [3.05, 3.63) is 39.3 Å². The van der Waals surface area contributed by atoms with Gasteiger partial charge in [0.2, 0.25) is 23.6 Å². The Bertz CT molecular complexity index is 2140. The van der Waals surface area contributed by atoms with Gasteiger partial charge >= 0.3 is 6.03 Å². The van der Waals surface area contributed by atoms with Crippen molar-refractivity contribution >= 4 is 99.7 Å². The van der Waals surface area contributed by atoms with E-state index in [9.17, 15) is 28.8 Å². The van der Waals surface area contributed by atoms with Crippen molar-refractivity contribution in [3.8, 4) is 23.0 Å². The summed E-state index contributed by atoms with van der Waals surface area (Å²) in [6.45, 7) is 0.354. The minimum atomic E-state index is -1.16.